The molecule has 2 rings (SSSR count). The summed E-state index contributed by atoms with van der Waals surface area (Å²) in [7, 11) is 0. The lowest BCUT2D eigenvalue weighted by Crippen LogP contribution is -2.17. The zero-order chi connectivity index (χ0) is 16.3. The first-order valence-electron chi connectivity index (χ1n) is 6.86. The molecule has 0 bridgehead atoms. The number of carboxylic acids is 1. The molecule has 2 aromatic rings. The Kier molecular flexibility index (Phi) is 4.61. The van der Waals surface area contributed by atoms with Crippen molar-refractivity contribution < 1.29 is 14.7 Å². The van der Waals surface area contributed by atoms with E-state index in [0.29, 0.717) is 10.8 Å². The Morgan fingerprint density at radius 3 is 2.36 bits per heavy atom. The number of nitrogens with zero attached hydrogens (tertiary/aromatic N) is 1. The molecule has 1 amide bonds. The van der Waals surface area contributed by atoms with Crippen LogP contribution in [-0.4, -0.2) is 22.0 Å². The number of nitrogens with one attached hydrogen (secondary N) is 1. The van der Waals surface area contributed by atoms with Gasteiger partial charge < -0.3 is 10.4 Å². The molecule has 6 heteroatoms. The summed E-state index contributed by atoms with van der Waals surface area (Å²) in [5.41, 5.74) is 0.984. The van der Waals surface area contributed by atoms with E-state index in [0.717, 1.165) is 16.9 Å². The molecule has 0 unspecified atom stereocenters. The second-order valence-electron chi connectivity index (χ2n) is 5.96. The number of carbonyl (C=O) groups excluding carboxylic acids is 1. The van der Waals surface area contributed by atoms with Crippen LogP contribution >= 0.6 is 11.3 Å². The van der Waals surface area contributed by atoms with Crippen LogP contribution < -0.4 is 5.32 Å². The molecule has 5 nitrogen and oxygen atoms in total. The van der Waals surface area contributed by atoms with E-state index in [-0.39, 0.29) is 17.2 Å². The molecule has 0 aliphatic heterocycles. The van der Waals surface area contributed by atoms with Crippen LogP contribution in [0.15, 0.2) is 30.3 Å². The molecular weight excluding hydrogens is 300 g/mol. The number of benzene rings is 1. The molecule has 1 aromatic carbocycles. The summed E-state index contributed by atoms with van der Waals surface area (Å²) in [6.07, 6.45) is 0.230. The maximum Gasteiger partial charge on any atom is 0.347 e. The number of carbonyl (C=O) groups is 2. The molecule has 22 heavy (non-hydrogen) atoms. The van der Waals surface area contributed by atoms with Gasteiger partial charge in [-0.15, -0.1) is 0 Å². The van der Waals surface area contributed by atoms with E-state index in [4.69, 9.17) is 0 Å². The van der Waals surface area contributed by atoms with Gasteiger partial charge in [-0.05, 0) is 5.56 Å². The largest absolute Gasteiger partial charge is 0.477 e. The fourth-order valence-electron chi connectivity index (χ4n) is 1.97. The number of carboxylic acid groups (broad SMARTS) is 1. The van der Waals surface area contributed by atoms with Crippen molar-refractivity contribution >= 4 is 28.3 Å². The van der Waals surface area contributed by atoms with E-state index in [2.05, 4.69) is 10.3 Å². The third-order valence-electron chi connectivity index (χ3n) is 2.99. The number of aromatic carboxylic acids is 1. The van der Waals surface area contributed by atoms with Gasteiger partial charge in [-0.25, -0.2) is 9.78 Å². The van der Waals surface area contributed by atoms with Crippen molar-refractivity contribution in [1.29, 1.82) is 0 Å². The number of amides is 1. The van der Waals surface area contributed by atoms with Gasteiger partial charge in [0.25, 0.3) is 0 Å². The number of anilines is 1. The molecule has 0 aliphatic rings. The number of thiazole rings is 1. The Bertz CT molecular complexity index is 687. The highest BCUT2D eigenvalue weighted by atomic mass is 32.1. The predicted molar refractivity (Wildman–Crippen MR) is 86.5 cm³/mol. The number of hydrogen-bond donors (Lipinski definition) is 2. The summed E-state index contributed by atoms with van der Waals surface area (Å²) >= 11 is 0.991. The zero-order valence-electron chi connectivity index (χ0n) is 12.7. The highest BCUT2D eigenvalue weighted by Gasteiger charge is 2.27. The second-order valence-corrected chi connectivity index (χ2v) is 6.96. The SMILES string of the molecule is CC(C)(C)c1nc(NC(=O)Cc2ccccc2)sc1C(=O)O. The molecule has 0 saturated carbocycles. The Hall–Kier alpha value is -2.21. The lowest BCUT2D eigenvalue weighted by Gasteiger charge is -2.15. The molecular formula is C16H18N2O3S. The smallest absolute Gasteiger partial charge is 0.347 e. The third kappa shape index (κ3) is 3.92. The first-order valence-corrected chi connectivity index (χ1v) is 7.67. The van der Waals surface area contributed by atoms with E-state index in [1.165, 1.54) is 0 Å². The highest BCUT2D eigenvalue weighted by molar-refractivity contribution is 7.17. The molecule has 1 aromatic heterocycles. The van der Waals surface area contributed by atoms with Gasteiger partial charge in [0.05, 0.1) is 12.1 Å². The van der Waals surface area contributed by atoms with Gasteiger partial charge in [0.2, 0.25) is 5.91 Å². The van der Waals surface area contributed by atoms with Gasteiger partial charge in [-0.2, -0.15) is 0 Å². The lowest BCUT2D eigenvalue weighted by molar-refractivity contribution is -0.115. The Morgan fingerprint density at radius 2 is 1.86 bits per heavy atom. The van der Waals surface area contributed by atoms with Crippen molar-refractivity contribution in [2.24, 2.45) is 0 Å². The minimum absolute atomic E-state index is 0.169. The van der Waals surface area contributed by atoms with Crippen LogP contribution in [0.4, 0.5) is 5.13 Å². The Balaban J connectivity index is 2.16. The Labute approximate surface area is 133 Å². The highest BCUT2D eigenvalue weighted by Crippen LogP contribution is 2.32. The maximum atomic E-state index is 12.0. The van der Waals surface area contributed by atoms with Crippen molar-refractivity contribution in [3.63, 3.8) is 0 Å². The summed E-state index contributed by atoms with van der Waals surface area (Å²) in [6, 6.07) is 9.35. The van der Waals surface area contributed by atoms with Crippen LogP contribution in [0, 0.1) is 0 Å². The standard InChI is InChI=1S/C16H18N2O3S/c1-16(2,3)13-12(14(20)21)22-15(18-13)17-11(19)9-10-7-5-4-6-8-10/h4-8H,9H2,1-3H3,(H,20,21)(H,17,18,19). The monoisotopic (exact) mass is 318 g/mol. The minimum Gasteiger partial charge on any atom is -0.477 e. The van der Waals surface area contributed by atoms with Crippen molar-refractivity contribution in [1.82, 2.24) is 4.98 Å². The van der Waals surface area contributed by atoms with Crippen LogP contribution in [-0.2, 0) is 16.6 Å². The predicted octanol–water partition coefficient (Wildman–Crippen LogP) is 3.32. The summed E-state index contributed by atoms with van der Waals surface area (Å²) in [4.78, 5) is 27.8. The third-order valence-corrected chi connectivity index (χ3v) is 3.94. The van der Waals surface area contributed by atoms with Crippen molar-refractivity contribution in [2.45, 2.75) is 32.6 Å². The summed E-state index contributed by atoms with van der Waals surface area (Å²) in [5.74, 6) is -1.23. The van der Waals surface area contributed by atoms with E-state index in [1.807, 2.05) is 51.1 Å². The number of rotatable bonds is 4. The van der Waals surface area contributed by atoms with Gasteiger partial charge in [0.15, 0.2) is 5.13 Å². The molecule has 116 valence electrons. The van der Waals surface area contributed by atoms with Gasteiger partial charge in [-0.3, -0.25) is 4.79 Å². The zero-order valence-corrected chi connectivity index (χ0v) is 13.5. The molecule has 0 radical (unpaired) electrons. The molecule has 0 aliphatic carbocycles. The molecule has 0 atom stereocenters. The quantitative estimate of drug-likeness (QED) is 0.906. The van der Waals surface area contributed by atoms with Crippen LogP contribution in [0.2, 0.25) is 0 Å². The average Bonchev–Trinajstić information content (AvgIpc) is 2.83. The van der Waals surface area contributed by atoms with E-state index in [1.54, 1.807) is 0 Å². The minimum atomic E-state index is -1.02. The Morgan fingerprint density at radius 1 is 1.23 bits per heavy atom. The maximum absolute atomic E-state index is 12.0. The lowest BCUT2D eigenvalue weighted by atomic mass is 9.91. The fraction of sp³-hybridized carbons (Fsp3) is 0.312. The van der Waals surface area contributed by atoms with Gasteiger partial charge in [0, 0.05) is 5.41 Å². The molecule has 0 saturated heterocycles. The van der Waals surface area contributed by atoms with Crippen LogP contribution in [0.3, 0.4) is 0 Å². The topological polar surface area (TPSA) is 79.3 Å². The molecule has 2 N–H and O–H groups in total. The van der Waals surface area contributed by atoms with Gasteiger partial charge in [-0.1, -0.05) is 62.4 Å². The summed E-state index contributed by atoms with van der Waals surface area (Å²) in [6.45, 7) is 5.68. The van der Waals surface area contributed by atoms with Gasteiger partial charge in [0.1, 0.15) is 4.88 Å². The summed E-state index contributed by atoms with van der Waals surface area (Å²) < 4.78 is 0. The normalized spacial score (nSPS) is 11.2. The molecule has 1 heterocycles. The van der Waals surface area contributed by atoms with Crippen molar-refractivity contribution in [2.75, 3.05) is 5.32 Å². The molecule has 0 fully saturated rings. The van der Waals surface area contributed by atoms with Crippen LogP contribution in [0.5, 0.6) is 0 Å². The fourth-order valence-corrected chi connectivity index (χ4v) is 3.00. The van der Waals surface area contributed by atoms with E-state index in [9.17, 15) is 14.7 Å². The second kappa shape index (κ2) is 6.27. The van der Waals surface area contributed by atoms with Crippen LogP contribution in [0.1, 0.15) is 41.7 Å². The number of hydrogen-bond acceptors (Lipinski definition) is 4. The number of aromatic nitrogens is 1. The van der Waals surface area contributed by atoms with Crippen molar-refractivity contribution in [3.05, 3.63) is 46.5 Å². The van der Waals surface area contributed by atoms with Crippen LogP contribution in [0.25, 0.3) is 0 Å². The van der Waals surface area contributed by atoms with Gasteiger partial charge >= 0.3 is 5.97 Å². The molecule has 0 spiro atoms. The van der Waals surface area contributed by atoms with E-state index >= 15 is 0 Å². The first-order chi connectivity index (χ1) is 10.3. The van der Waals surface area contributed by atoms with E-state index < -0.39 is 11.4 Å². The first kappa shape index (κ1) is 16.2. The average molecular weight is 318 g/mol. The van der Waals surface area contributed by atoms with Crippen molar-refractivity contribution in [3.8, 4) is 0 Å². The summed E-state index contributed by atoms with van der Waals surface area (Å²) in [5, 5.41) is 12.3.